The van der Waals surface area contributed by atoms with Crippen LogP contribution in [0.2, 0.25) is 15.1 Å². The molecule has 3 aromatic rings. The molecule has 1 amide bonds. The molecule has 2 aromatic carbocycles. The number of hydrogen-bond donors (Lipinski definition) is 4. The van der Waals surface area contributed by atoms with Gasteiger partial charge in [-0.05, 0) is 44.0 Å². The Balaban J connectivity index is 0.000000264. The van der Waals surface area contributed by atoms with Gasteiger partial charge < -0.3 is 21.5 Å². The average Bonchev–Trinajstić information content (AvgIpc) is 3.46. The summed E-state index contributed by atoms with van der Waals surface area (Å²) in [5, 5.41) is 23.8. The van der Waals surface area contributed by atoms with Crippen molar-refractivity contribution in [2.75, 3.05) is 25.2 Å². The van der Waals surface area contributed by atoms with Crippen LogP contribution in [0.5, 0.6) is 0 Å². The molecule has 0 bridgehead atoms. The van der Waals surface area contributed by atoms with Crippen LogP contribution in [0.4, 0.5) is 24.7 Å². The zero-order valence-corrected chi connectivity index (χ0v) is 28.6. The van der Waals surface area contributed by atoms with Crippen LogP contribution < -0.4 is 11.5 Å². The molecule has 4 rings (SSSR count). The van der Waals surface area contributed by atoms with Crippen LogP contribution in [0.15, 0.2) is 42.6 Å². The quantitative estimate of drug-likeness (QED) is 0.118. The molecule has 48 heavy (non-hydrogen) atoms. The van der Waals surface area contributed by atoms with Gasteiger partial charge in [0, 0.05) is 17.8 Å². The van der Waals surface area contributed by atoms with Gasteiger partial charge in [-0.3, -0.25) is 29.1 Å². The van der Waals surface area contributed by atoms with Crippen molar-refractivity contribution in [2.24, 2.45) is 11.1 Å². The van der Waals surface area contributed by atoms with Gasteiger partial charge in [-0.1, -0.05) is 53.0 Å². The first-order valence-electron chi connectivity index (χ1n) is 13.5. The first-order chi connectivity index (χ1) is 22.0. The number of amides is 1. The SMILES string of the molecule is CC1(C)CON(Cc2ccccc2Cl)C1=O.CP(=O)(O)CCC(N)C(=O)O.Nc1c([N+](=O)[O-])cnn1-c1c(Cl)cc(C(F)(F)F)cc1Cl. The number of anilines is 1. The van der Waals surface area contributed by atoms with E-state index in [-0.39, 0.29) is 34.2 Å². The van der Waals surface area contributed by atoms with Crippen molar-refractivity contribution in [2.45, 2.75) is 39.0 Å². The third-order valence-corrected chi connectivity index (χ3v) is 8.40. The Morgan fingerprint density at radius 1 is 1.21 bits per heavy atom. The Hall–Kier alpha value is -3.44. The highest BCUT2D eigenvalue weighted by Crippen LogP contribution is 2.39. The highest BCUT2D eigenvalue weighted by atomic mass is 35.5. The number of halogens is 6. The Kier molecular flexibility index (Phi) is 13.8. The lowest BCUT2D eigenvalue weighted by atomic mass is 9.95. The lowest BCUT2D eigenvalue weighted by Gasteiger charge is -2.16. The minimum atomic E-state index is -4.63. The van der Waals surface area contributed by atoms with Crippen molar-refractivity contribution in [3.05, 3.63) is 78.9 Å². The predicted molar refractivity (Wildman–Crippen MR) is 172 cm³/mol. The molecule has 6 N–H and O–H groups in total. The number of benzene rings is 2. The zero-order chi connectivity index (χ0) is 36.8. The fourth-order valence-corrected chi connectivity index (χ4v) is 5.30. The maximum atomic E-state index is 12.6. The average molecular weight is 762 g/mol. The lowest BCUT2D eigenvalue weighted by molar-refractivity contribution is -0.383. The van der Waals surface area contributed by atoms with E-state index in [1.165, 1.54) is 11.7 Å². The molecule has 1 aliphatic rings. The van der Waals surface area contributed by atoms with E-state index in [1.807, 2.05) is 38.1 Å². The summed E-state index contributed by atoms with van der Waals surface area (Å²) in [4.78, 5) is 46.0. The molecule has 0 radical (unpaired) electrons. The van der Waals surface area contributed by atoms with Crippen LogP contribution in [-0.2, 0) is 31.7 Å². The van der Waals surface area contributed by atoms with Gasteiger partial charge >= 0.3 is 17.8 Å². The van der Waals surface area contributed by atoms with Crippen molar-refractivity contribution < 1.29 is 47.1 Å². The summed E-state index contributed by atoms with van der Waals surface area (Å²) < 4.78 is 49.3. The maximum Gasteiger partial charge on any atom is 0.416 e. The molecule has 264 valence electrons. The number of aromatic nitrogens is 2. The third-order valence-electron chi connectivity index (χ3n) is 6.37. The number of rotatable bonds is 8. The number of nitrogens with zero attached hydrogens (tertiary/aromatic N) is 4. The number of nitrogen functional groups attached to an aromatic ring is 1. The Labute approximate surface area is 286 Å². The van der Waals surface area contributed by atoms with Gasteiger partial charge in [0.05, 0.1) is 39.1 Å². The second-order valence-corrected chi connectivity index (χ2v) is 14.7. The normalized spacial score (nSPS) is 15.8. The maximum absolute atomic E-state index is 12.6. The number of carboxylic acids is 1. The molecule has 21 heteroatoms. The lowest BCUT2D eigenvalue weighted by Crippen LogP contribution is -2.30. The van der Waals surface area contributed by atoms with E-state index in [4.69, 9.17) is 61.1 Å². The predicted octanol–water partition coefficient (Wildman–Crippen LogP) is 6.02. The van der Waals surface area contributed by atoms with Gasteiger partial charge in [-0.2, -0.15) is 18.3 Å². The van der Waals surface area contributed by atoms with Gasteiger partial charge in [-0.15, -0.1) is 0 Å². The van der Waals surface area contributed by atoms with Crippen LogP contribution in [0.1, 0.15) is 31.4 Å². The van der Waals surface area contributed by atoms with Gasteiger partial charge in [0.25, 0.3) is 5.91 Å². The van der Waals surface area contributed by atoms with E-state index in [0.717, 1.165) is 16.4 Å². The van der Waals surface area contributed by atoms with Crippen molar-refractivity contribution >= 4 is 65.6 Å². The van der Waals surface area contributed by atoms with E-state index in [9.17, 15) is 37.4 Å². The highest BCUT2D eigenvalue weighted by Gasteiger charge is 2.40. The molecule has 1 saturated heterocycles. The summed E-state index contributed by atoms with van der Waals surface area (Å²) in [5.41, 5.74) is 9.34. The number of alkyl halides is 3. The molecular weight excluding hydrogens is 731 g/mol. The number of nitrogens with two attached hydrogens (primary N) is 2. The molecule has 1 fully saturated rings. The number of carbonyl (C=O) groups is 2. The van der Waals surface area contributed by atoms with E-state index in [2.05, 4.69) is 5.10 Å². The topological polar surface area (TPSA) is 217 Å². The number of hydrogen-bond acceptors (Lipinski definition) is 9. The summed E-state index contributed by atoms with van der Waals surface area (Å²) in [7, 11) is -3.10. The molecule has 1 aromatic heterocycles. The van der Waals surface area contributed by atoms with Crippen molar-refractivity contribution in [1.29, 1.82) is 0 Å². The number of carboxylic acid groups (broad SMARTS) is 1. The fraction of sp³-hybridized carbons (Fsp3) is 0.370. The molecule has 2 heterocycles. The van der Waals surface area contributed by atoms with Crippen molar-refractivity contribution in [3.8, 4) is 5.69 Å². The molecule has 0 spiro atoms. The summed E-state index contributed by atoms with van der Waals surface area (Å²) in [5.74, 6) is -1.53. The van der Waals surface area contributed by atoms with Crippen LogP contribution in [-0.4, -0.2) is 67.1 Å². The second kappa shape index (κ2) is 16.3. The first-order valence-corrected chi connectivity index (χ1v) is 16.9. The third kappa shape index (κ3) is 11.3. The number of carbonyl (C=O) groups excluding carboxylic acids is 1. The highest BCUT2D eigenvalue weighted by molar-refractivity contribution is 7.57. The molecule has 14 nitrogen and oxygen atoms in total. The van der Waals surface area contributed by atoms with E-state index < -0.39 is 53.0 Å². The molecular formula is C27H31Cl3F3N6O8P. The molecule has 0 aliphatic carbocycles. The van der Waals surface area contributed by atoms with Crippen LogP contribution in [0.3, 0.4) is 0 Å². The van der Waals surface area contributed by atoms with E-state index in [1.54, 1.807) is 0 Å². The van der Waals surface area contributed by atoms with Gasteiger partial charge in [0.2, 0.25) is 5.82 Å². The summed E-state index contributed by atoms with van der Waals surface area (Å²) in [6.07, 6.45) is -3.78. The Morgan fingerprint density at radius 2 is 1.77 bits per heavy atom. The number of nitro groups is 1. The zero-order valence-electron chi connectivity index (χ0n) is 25.4. The van der Waals surface area contributed by atoms with Gasteiger partial charge in [0.1, 0.15) is 17.9 Å². The van der Waals surface area contributed by atoms with Crippen LogP contribution >= 0.6 is 42.2 Å². The van der Waals surface area contributed by atoms with E-state index in [0.29, 0.717) is 30.3 Å². The van der Waals surface area contributed by atoms with Gasteiger partial charge in [0.15, 0.2) is 7.37 Å². The van der Waals surface area contributed by atoms with Crippen molar-refractivity contribution in [1.82, 2.24) is 14.8 Å². The molecule has 1 aliphatic heterocycles. The number of hydroxylamine groups is 2. The summed E-state index contributed by atoms with van der Waals surface area (Å²) >= 11 is 17.6. The Morgan fingerprint density at radius 3 is 2.19 bits per heavy atom. The summed E-state index contributed by atoms with van der Waals surface area (Å²) in [6, 6.07) is 7.70. The Bertz CT molecular complexity index is 1680. The second-order valence-electron chi connectivity index (χ2n) is 11.0. The van der Waals surface area contributed by atoms with Crippen LogP contribution in [0.25, 0.3) is 5.69 Å². The molecule has 0 saturated carbocycles. The molecule has 2 unspecified atom stereocenters. The van der Waals surface area contributed by atoms with Crippen LogP contribution in [0, 0.1) is 15.5 Å². The van der Waals surface area contributed by atoms with Crippen molar-refractivity contribution in [3.63, 3.8) is 0 Å². The van der Waals surface area contributed by atoms with Gasteiger partial charge in [-0.25, -0.2) is 9.75 Å². The first kappa shape index (κ1) is 40.7. The minimum absolute atomic E-state index is 0.00687. The monoisotopic (exact) mass is 760 g/mol. The largest absolute Gasteiger partial charge is 0.480 e. The molecule has 2 atom stereocenters. The smallest absolute Gasteiger partial charge is 0.416 e. The summed E-state index contributed by atoms with van der Waals surface area (Å²) in [6.45, 7) is 5.77. The minimum Gasteiger partial charge on any atom is -0.480 e. The fourth-order valence-electron chi connectivity index (χ4n) is 3.70. The van der Waals surface area contributed by atoms with E-state index >= 15 is 0 Å². The standard InChI is InChI=1S/C12H14ClNO2.C10H5Cl2F3N4O2.C5H12NO4P/c1-12(2)8-16-14(11(12)15)7-9-5-3-4-6-10(9)13;11-5-1-4(10(13,14)15)2-6(12)8(5)18-9(16)7(3-17-18)19(20)21;1-11(9,10)3-2-4(6)5(7)8/h3-6H,7-8H2,1-2H3;1-3H,16H2;4H,2-3,6H2,1H3,(H,7,8)(H,9,10). The number of aliphatic carboxylic acids is 1.